The van der Waals surface area contributed by atoms with Crippen molar-refractivity contribution in [3.8, 4) is 0 Å². The first-order chi connectivity index (χ1) is 14.2. The number of benzene rings is 1. The molecule has 4 rings (SSSR count). The highest BCUT2D eigenvalue weighted by atomic mass is 32.2. The molecule has 2 aromatic rings. The van der Waals surface area contributed by atoms with Crippen LogP contribution < -0.4 is 5.32 Å². The summed E-state index contributed by atoms with van der Waals surface area (Å²) in [5, 5.41) is 16.7. The highest BCUT2D eigenvalue weighted by molar-refractivity contribution is 7.90. The second kappa shape index (κ2) is 7.73. The van der Waals surface area contributed by atoms with Crippen LogP contribution in [0.5, 0.6) is 0 Å². The summed E-state index contributed by atoms with van der Waals surface area (Å²) in [5.74, 6) is 0.241. The summed E-state index contributed by atoms with van der Waals surface area (Å²) in [6, 6.07) is 4.10. The Balaban J connectivity index is 1.76. The summed E-state index contributed by atoms with van der Waals surface area (Å²) in [4.78, 5) is 28.1. The van der Waals surface area contributed by atoms with Crippen LogP contribution >= 0.6 is 11.3 Å². The van der Waals surface area contributed by atoms with Gasteiger partial charge in [0.15, 0.2) is 15.0 Å². The molecule has 2 atom stereocenters. The average molecular weight is 450 g/mol. The van der Waals surface area contributed by atoms with Gasteiger partial charge in [0.2, 0.25) is 5.91 Å². The van der Waals surface area contributed by atoms with Crippen molar-refractivity contribution in [1.29, 1.82) is 0 Å². The zero-order chi connectivity index (χ0) is 21.5. The Morgan fingerprint density at radius 2 is 2.03 bits per heavy atom. The van der Waals surface area contributed by atoms with E-state index in [1.165, 1.54) is 29.9 Å². The minimum atomic E-state index is -3.77. The van der Waals surface area contributed by atoms with Crippen molar-refractivity contribution in [3.05, 3.63) is 45.5 Å². The number of nitrogens with zero attached hydrogens (tertiary/aromatic N) is 2. The van der Waals surface area contributed by atoms with Crippen LogP contribution in [0.1, 0.15) is 44.1 Å². The van der Waals surface area contributed by atoms with Gasteiger partial charge in [-0.2, -0.15) is 0 Å². The maximum atomic E-state index is 13.4. The third-order valence-electron chi connectivity index (χ3n) is 6.36. The van der Waals surface area contributed by atoms with E-state index in [1.54, 1.807) is 17.6 Å². The topological polar surface area (TPSA) is 119 Å². The molecule has 2 fully saturated rings. The Hall–Kier alpha value is -2.33. The smallest absolute Gasteiger partial charge is 0.288 e. The van der Waals surface area contributed by atoms with Crippen molar-refractivity contribution < 1.29 is 18.1 Å². The SMILES string of the molecule is CS(=O)(=O)c1ccc([C@@]2(C(=O)Nc3nccs3)C[C@H]2C2CCCCC2)cc1[N+](=O)[O-]. The molecule has 1 N–H and O–H groups in total. The first-order valence-electron chi connectivity index (χ1n) is 9.93. The van der Waals surface area contributed by atoms with Crippen molar-refractivity contribution in [3.63, 3.8) is 0 Å². The van der Waals surface area contributed by atoms with Crippen LogP contribution in [0, 0.1) is 22.0 Å². The van der Waals surface area contributed by atoms with Crippen molar-refractivity contribution in [2.24, 2.45) is 11.8 Å². The molecule has 1 heterocycles. The van der Waals surface area contributed by atoms with Gasteiger partial charge in [-0.1, -0.05) is 38.2 Å². The largest absolute Gasteiger partial charge is 0.301 e. The molecule has 2 aliphatic carbocycles. The Bertz CT molecular complexity index is 1080. The van der Waals surface area contributed by atoms with Gasteiger partial charge < -0.3 is 5.32 Å². The summed E-state index contributed by atoms with van der Waals surface area (Å²) in [5.41, 5.74) is -0.869. The van der Waals surface area contributed by atoms with E-state index in [-0.39, 0.29) is 16.7 Å². The Morgan fingerprint density at radius 3 is 2.63 bits per heavy atom. The molecule has 0 bridgehead atoms. The maximum absolute atomic E-state index is 13.4. The third-order valence-corrected chi connectivity index (χ3v) is 8.19. The number of carbonyl (C=O) groups is 1. The Labute approximate surface area is 178 Å². The van der Waals surface area contributed by atoms with Crippen LogP contribution in [0.15, 0.2) is 34.7 Å². The molecule has 0 aliphatic heterocycles. The molecule has 1 aromatic carbocycles. The van der Waals surface area contributed by atoms with Gasteiger partial charge in [-0.05, 0) is 29.9 Å². The van der Waals surface area contributed by atoms with Gasteiger partial charge in [-0.15, -0.1) is 11.3 Å². The lowest BCUT2D eigenvalue weighted by Crippen LogP contribution is -2.32. The summed E-state index contributed by atoms with van der Waals surface area (Å²) >= 11 is 1.31. The molecule has 1 amide bonds. The third kappa shape index (κ3) is 3.74. The molecular formula is C20H23N3O5S2. The molecule has 0 unspecified atom stereocenters. The molecule has 10 heteroatoms. The maximum Gasteiger partial charge on any atom is 0.288 e. The van der Waals surface area contributed by atoms with Gasteiger partial charge in [-0.25, -0.2) is 13.4 Å². The summed E-state index contributed by atoms with van der Waals surface area (Å²) in [6.45, 7) is 0. The van der Waals surface area contributed by atoms with Crippen molar-refractivity contribution >= 4 is 37.9 Å². The normalized spacial score (nSPS) is 24.4. The number of nitro benzene ring substituents is 1. The minimum absolute atomic E-state index is 0.0847. The lowest BCUT2D eigenvalue weighted by atomic mass is 9.80. The molecule has 0 radical (unpaired) electrons. The molecule has 0 spiro atoms. The number of nitrogens with one attached hydrogen (secondary N) is 1. The van der Waals surface area contributed by atoms with Gasteiger partial charge in [0.25, 0.3) is 5.69 Å². The van der Waals surface area contributed by atoms with Gasteiger partial charge in [0.05, 0.1) is 10.3 Å². The number of carbonyl (C=O) groups excluding carboxylic acids is 1. The van der Waals surface area contributed by atoms with E-state index in [9.17, 15) is 23.3 Å². The van der Waals surface area contributed by atoms with Crippen LogP contribution in [0.3, 0.4) is 0 Å². The van der Waals surface area contributed by atoms with E-state index in [0.29, 0.717) is 23.0 Å². The van der Waals surface area contributed by atoms with Crippen LogP contribution in [0.2, 0.25) is 0 Å². The number of thiazole rings is 1. The van der Waals surface area contributed by atoms with E-state index >= 15 is 0 Å². The van der Waals surface area contributed by atoms with E-state index in [1.807, 2.05) is 0 Å². The summed E-state index contributed by atoms with van der Waals surface area (Å²) < 4.78 is 24.0. The van der Waals surface area contributed by atoms with Crippen LogP contribution in [-0.2, 0) is 20.0 Å². The minimum Gasteiger partial charge on any atom is -0.301 e. The molecule has 1 aromatic heterocycles. The van der Waals surface area contributed by atoms with Crippen molar-refractivity contribution in [1.82, 2.24) is 4.98 Å². The molecule has 8 nitrogen and oxygen atoms in total. The molecular weight excluding hydrogens is 426 g/mol. The number of anilines is 1. The first kappa shape index (κ1) is 20.9. The van der Waals surface area contributed by atoms with E-state index in [4.69, 9.17) is 0 Å². The number of hydrogen-bond donors (Lipinski definition) is 1. The fraction of sp³-hybridized carbons (Fsp3) is 0.500. The first-order valence-corrected chi connectivity index (χ1v) is 12.7. The standard InChI is InChI=1S/C20H23N3O5S2/c1-30(27,28)17-8-7-14(11-16(17)23(25)26)20(18(24)22-19-21-9-10-29-19)12-15(20)13-5-3-2-4-6-13/h7-11,13,15H,2-6,12H2,1H3,(H,21,22,24)/t15-,20-/m0/s1. The van der Waals surface area contributed by atoms with E-state index in [0.717, 1.165) is 31.9 Å². The highest BCUT2D eigenvalue weighted by Gasteiger charge is 2.63. The van der Waals surface area contributed by atoms with Crippen LogP contribution in [0.25, 0.3) is 0 Å². The predicted molar refractivity (Wildman–Crippen MR) is 113 cm³/mol. The van der Waals surface area contributed by atoms with Gasteiger partial charge >= 0.3 is 0 Å². The zero-order valence-electron chi connectivity index (χ0n) is 16.5. The lowest BCUT2D eigenvalue weighted by molar-refractivity contribution is -0.387. The quantitative estimate of drug-likeness (QED) is 0.527. The molecule has 2 aliphatic rings. The number of amides is 1. The van der Waals surface area contributed by atoms with Gasteiger partial charge in [0.1, 0.15) is 4.90 Å². The number of nitro groups is 1. The number of aromatic nitrogens is 1. The summed E-state index contributed by atoms with van der Waals surface area (Å²) in [6.07, 6.45) is 8.67. The predicted octanol–water partition coefficient (Wildman–Crippen LogP) is 3.93. The number of rotatable bonds is 6. The average Bonchev–Trinajstić information content (AvgIpc) is 3.28. The lowest BCUT2D eigenvalue weighted by Gasteiger charge is -2.25. The van der Waals surface area contributed by atoms with Crippen molar-refractivity contribution in [2.45, 2.75) is 48.8 Å². The molecule has 0 saturated heterocycles. The van der Waals surface area contributed by atoms with Crippen LogP contribution in [-0.4, -0.2) is 30.5 Å². The van der Waals surface area contributed by atoms with Gasteiger partial charge in [-0.3, -0.25) is 14.9 Å². The molecule has 160 valence electrons. The molecule has 2 saturated carbocycles. The van der Waals surface area contributed by atoms with Crippen LogP contribution in [0.4, 0.5) is 10.8 Å². The van der Waals surface area contributed by atoms with E-state index < -0.39 is 25.9 Å². The van der Waals surface area contributed by atoms with E-state index in [2.05, 4.69) is 10.3 Å². The number of sulfone groups is 1. The highest BCUT2D eigenvalue weighted by Crippen LogP contribution is 2.61. The van der Waals surface area contributed by atoms with Crippen molar-refractivity contribution in [2.75, 3.05) is 11.6 Å². The van der Waals surface area contributed by atoms with Gasteiger partial charge in [0, 0.05) is 23.9 Å². The Kier molecular flexibility index (Phi) is 5.39. The fourth-order valence-corrected chi connectivity index (χ4v) is 6.22. The number of hydrogen-bond acceptors (Lipinski definition) is 7. The second-order valence-corrected chi connectivity index (χ2v) is 11.1. The summed E-state index contributed by atoms with van der Waals surface area (Å²) in [7, 11) is -3.77. The monoisotopic (exact) mass is 449 g/mol. The molecule has 30 heavy (non-hydrogen) atoms. The Morgan fingerprint density at radius 1 is 1.30 bits per heavy atom. The second-order valence-electron chi connectivity index (χ2n) is 8.18. The fourth-order valence-electron chi connectivity index (χ4n) is 4.86. The zero-order valence-corrected chi connectivity index (χ0v) is 18.2.